The van der Waals surface area contributed by atoms with Gasteiger partial charge < -0.3 is 15.0 Å². The average Bonchev–Trinajstić information content (AvgIpc) is 3.29. The van der Waals surface area contributed by atoms with E-state index < -0.39 is 5.82 Å². The number of likely N-dealkylation sites (tertiary alicyclic amines) is 1. The molecular formula is C23H28Cl2FN5O2. The lowest BCUT2D eigenvalue weighted by Gasteiger charge is -2.32. The fourth-order valence-corrected chi connectivity index (χ4v) is 5.86. The third-order valence-electron chi connectivity index (χ3n) is 7.51. The molecule has 3 aliphatic heterocycles. The first-order valence-electron chi connectivity index (χ1n) is 11.6. The Balaban J connectivity index is 0.00000228. The van der Waals surface area contributed by atoms with Crippen LogP contribution in [0.2, 0.25) is 5.02 Å². The number of aryl methyl sites for hydroxylation is 1. The summed E-state index contributed by atoms with van der Waals surface area (Å²) in [5.74, 6) is -0.0704. The SMILES string of the molecule is Cl.O=C1CC2(CC2)CN1CC1NCCc2c(Cl)cc(F)c(OCc3nnn4c3CCCC4)c21. The molecule has 2 fully saturated rings. The number of fused-ring (bicyclic) bond motifs is 2. The van der Waals surface area contributed by atoms with Gasteiger partial charge in [0.25, 0.3) is 0 Å². The maximum Gasteiger partial charge on any atom is 0.223 e. The first kappa shape index (κ1) is 22.9. The molecule has 2 aromatic rings. The average molecular weight is 496 g/mol. The van der Waals surface area contributed by atoms with E-state index in [-0.39, 0.29) is 42.1 Å². The summed E-state index contributed by atoms with van der Waals surface area (Å²) in [6.07, 6.45) is 6.70. The van der Waals surface area contributed by atoms with Crippen LogP contribution in [0.25, 0.3) is 0 Å². The van der Waals surface area contributed by atoms with E-state index in [4.69, 9.17) is 16.3 Å². The van der Waals surface area contributed by atoms with Crippen LogP contribution in [0.15, 0.2) is 6.07 Å². The Bertz CT molecular complexity index is 1090. The Morgan fingerprint density at radius 3 is 2.94 bits per heavy atom. The molecule has 1 aromatic carbocycles. The molecule has 4 aliphatic rings. The van der Waals surface area contributed by atoms with Crippen molar-refractivity contribution in [2.45, 2.75) is 64.1 Å². The molecule has 7 nitrogen and oxygen atoms in total. The normalized spacial score (nSPS) is 22.7. The smallest absolute Gasteiger partial charge is 0.223 e. The number of carbonyl (C=O) groups excluding carboxylic acids is 1. The summed E-state index contributed by atoms with van der Waals surface area (Å²) in [7, 11) is 0. The van der Waals surface area contributed by atoms with E-state index in [1.54, 1.807) is 0 Å². The fraction of sp³-hybridized carbons (Fsp3) is 0.609. The first-order valence-corrected chi connectivity index (χ1v) is 12.0. The maximum atomic E-state index is 15.1. The largest absolute Gasteiger partial charge is 0.484 e. The molecule has 6 rings (SSSR count). The number of ether oxygens (including phenoxy) is 1. The Morgan fingerprint density at radius 1 is 1.30 bits per heavy atom. The van der Waals surface area contributed by atoms with E-state index >= 15 is 4.39 Å². The van der Waals surface area contributed by atoms with Crippen molar-refractivity contribution in [3.63, 3.8) is 0 Å². The third-order valence-corrected chi connectivity index (χ3v) is 7.85. The molecule has 1 aromatic heterocycles. The van der Waals surface area contributed by atoms with E-state index in [1.807, 2.05) is 9.58 Å². The van der Waals surface area contributed by atoms with Gasteiger partial charge in [-0.2, -0.15) is 0 Å². The molecule has 33 heavy (non-hydrogen) atoms. The summed E-state index contributed by atoms with van der Waals surface area (Å²) in [6, 6.07) is 1.13. The summed E-state index contributed by atoms with van der Waals surface area (Å²) < 4.78 is 23.1. The molecule has 1 unspecified atom stereocenters. The highest BCUT2D eigenvalue weighted by atomic mass is 35.5. The van der Waals surface area contributed by atoms with Crippen LogP contribution in [-0.2, 0) is 30.8 Å². The molecule has 0 bridgehead atoms. The topological polar surface area (TPSA) is 72.3 Å². The van der Waals surface area contributed by atoms with Gasteiger partial charge >= 0.3 is 0 Å². The van der Waals surface area contributed by atoms with E-state index in [1.165, 1.54) is 6.07 Å². The Morgan fingerprint density at radius 2 is 2.15 bits per heavy atom. The number of amides is 1. The van der Waals surface area contributed by atoms with Crippen molar-refractivity contribution >= 4 is 29.9 Å². The van der Waals surface area contributed by atoms with Crippen molar-refractivity contribution in [3.05, 3.63) is 39.4 Å². The molecule has 1 aliphatic carbocycles. The number of halogens is 3. The van der Waals surface area contributed by atoms with Crippen molar-refractivity contribution in [2.75, 3.05) is 19.6 Å². The van der Waals surface area contributed by atoms with Crippen molar-refractivity contribution in [1.82, 2.24) is 25.2 Å². The maximum absolute atomic E-state index is 15.1. The second-order valence-corrected chi connectivity index (χ2v) is 10.1. The number of nitrogens with one attached hydrogen (secondary N) is 1. The summed E-state index contributed by atoms with van der Waals surface area (Å²) in [5, 5.41) is 12.4. The van der Waals surface area contributed by atoms with Crippen LogP contribution in [0.3, 0.4) is 0 Å². The molecule has 1 saturated carbocycles. The summed E-state index contributed by atoms with van der Waals surface area (Å²) >= 11 is 6.45. The highest BCUT2D eigenvalue weighted by Crippen LogP contribution is 2.53. The van der Waals surface area contributed by atoms with Gasteiger partial charge in [-0.3, -0.25) is 4.79 Å². The molecule has 1 saturated heterocycles. The third kappa shape index (κ3) is 4.10. The Kier molecular flexibility index (Phi) is 6.04. The highest BCUT2D eigenvalue weighted by molar-refractivity contribution is 6.31. The second-order valence-electron chi connectivity index (χ2n) is 9.72. The molecule has 1 N–H and O–H groups in total. The zero-order valence-corrected chi connectivity index (χ0v) is 20.0. The standard InChI is InChI=1S/C23H27ClFN5O2.ClH/c24-15-9-16(25)22(32-12-18-19-3-1-2-8-30(19)28-27-18)21-14(15)4-7-26-17(21)11-29-13-23(5-6-23)10-20(29)31;/h9,17,26H,1-8,10-13H2;1H. The van der Waals surface area contributed by atoms with Crippen LogP contribution >= 0.6 is 24.0 Å². The van der Waals surface area contributed by atoms with E-state index in [0.29, 0.717) is 24.4 Å². The van der Waals surface area contributed by atoms with Crippen LogP contribution in [0.5, 0.6) is 5.75 Å². The van der Waals surface area contributed by atoms with Gasteiger partial charge in [-0.15, -0.1) is 17.5 Å². The quantitative estimate of drug-likeness (QED) is 0.685. The van der Waals surface area contributed by atoms with Crippen LogP contribution in [-0.4, -0.2) is 45.4 Å². The predicted molar refractivity (Wildman–Crippen MR) is 123 cm³/mol. The zero-order valence-electron chi connectivity index (χ0n) is 18.4. The lowest BCUT2D eigenvalue weighted by Crippen LogP contribution is -2.40. The molecule has 1 atom stereocenters. The molecule has 1 amide bonds. The van der Waals surface area contributed by atoms with Crippen LogP contribution < -0.4 is 10.1 Å². The number of rotatable bonds is 5. The van der Waals surface area contributed by atoms with Crippen LogP contribution in [0.1, 0.15) is 60.7 Å². The zero-order chi connectivity index (χ0) is 21.9. The van der Waals surface area contributed by atoms with Crippen molar-refractivity contribution in [1.29, 1.82) is 0 Å². The highest BCUT2D eigenvalue weighted by Gasteiger charge is 2.52. The lowest BCUT2D eigenvalue weighted by atomic mass is 9.92. The molecule has 0 radical (unpaired) electrons. The number of nitrogens with zero attached hydrogens (tertiary/aromatic N) is 4. The number of aromatic nitrogens is 3. The number of hydrogen-bond donors (Lipinski definition) is 1. The van der Waals surface area contributed by atoms with Gasteiger partial charge in [0.2, 0.25) is 5.91 Å². The lowest BCUT2D eigenvalue weighted by molar-refractivity contribution is -0.128. The Hall–Kier alpha value is -1.90. The monoisotopic (exact) mass is 495 g/mol. The van der Waals surface area contributed by atoms with Gasteiger partial charge in [-0.25, -0.2) is 9.07 Å². The molecular weight excluding hydrogens is 468 g/mol. The second kappa shape index (κ2) is 8.71. The number of hydrogen-bond acceptors (Lipinski definition) is 5. The van der Waals surface area contributed by atoms with E-state index in [9.17, 15) is 4.79 Å². The van der Waals surface area contributed by atoms with Gasteiger partial charge in [-0.05, 0) is 62.1 Å². The number of carbonyl (C=O) groups is 1. The minimum absolute atomic E-state index is 0. The number of benzene rings is 1. The van der Waals surface area contributed by atoms with Gasteiger partial charge in [0.1, 0.15) is 12.3 Å². The minimum Gasteiger partial charge on any atom is -0.484 e. The summed E-state index contributed by atoms with van der Waals surface area (Å²) in [5.41, 5.74) is 3.68. The molecule has 178 valence electrons. The van der Waals surface area contributed by atoms with E-state index in [2.05, 4.69) is 15.6 Å². The molecule has 4 heterocycles. The van der Waals surface area contributed by atoms with E-state index in [0.717, 1.165) is 74.3 Å². The summed E-state index contributed by atoms with van der Waals surface area (Å²) in [4.78, 5) is 14.5. The van der Waals surface area contributed by atoms with Crippen LogP contribution in [0.4, 0.5) is 4.39 Å². The van der Waals surface area contributed by atoms with Crippen molar-refractivity contribution in [2.24, 2.45) is 5.41 Å². The molecule has 1 spiro atoms. The first-order chi connectivity index (χ1) is 15.5. The Labute approximate surface area is 203 Å². The minimum atomic E-state index is -0.477. The summed E-state index contributed by atoms with van der Waals surface area (Å²) in [6.45, 7) is 3.06. The van der Waals surface area contributed by atoms with Gasteiger partial charge in [0, 0.05) is 36.6 Å². The van der Waals surface area contributed by atoms with Gasteiger partial charge in [0.05, 0.1) is 11.7 Å². The van der Waals surface area contributed by atoms with Crippen molar-refractivity contribution < 1.29 is 13.9 Å². The van der Waals surface area contributed by atoms with Gasteiger partial charge in [-0.1, -0.05) is 16.8 Å². The van der Waals surface area contributed by atoms with Crippen molar-refractivity contribution in [3.8, 4) is 5.75 Å². The predicted octanol–water partition coefficient (Wildman–Crippen LogP) is 3.61. The molecule has 10 heteroatoms. The fourth-order valence-electron chi connectivity index (χ4n) is 5.57. The van der Waals surface area contributed by atoms with Crippen LogP contribution in [0, 0.1) is 11.2 Å². The van der Waals surface area contributed by atoms with Gasteiger partial charge in [0.15, 0.2) is 11.6 Å².